The second-order valence-corrected chi connectivity index (χ2v) is 5.39. The first-order chi connectivity index (χ1) is 11.1. The van der Waals surface area contributed by atoms with E-state index < -0.39 is 60.9 Å². The number of esters is 1. The van der Waals surface area contributed by atoms with Gasteiger partial charge in [-0.2, -0.15) is 4.39 Å². The van der Waals surface area contributed by atoms with Crippen molar-refractivity contribution in [2.24, 2.45) is 5.73 Å². The van der Waals surface area contributed by atoms with Gasteiger partial charge in [0.15, 0.2) is 6.17 Å². The maximum absolute atomic E-state index is 14.8. The van der Waals surface area contributed by atoms with Crippen molar-refractivity contribution in [2.75, 3.05) is 13.2 Å². The van der Waals surface area contributed by atoms with E-state index in [9.17, 15) is 28.6 Å². The molecule has 0 unspecified atom stereocenters. The average Bonchev–Trinajstić information content (AvgIpc) is 2.53. The molecule has 1 rings (SSSR count). The Balaban J connectivity index is 3.21. The molecule has 24 heavy (non-hydrogen) atoms. The van der Waals surface area contributed by atoms with Gasteiger partial charge < -0.3 is 35.8 Å². The number of hydrogen-bond acceptors (Lipinski definition) is 8. The van der Waals surface area contributed by atoms with E-state index in [1.54, 1.807) is 0 Å². The monoisotopic (exact) mass is 356 g/mol. The molecular formula is C13H22F2N2O7. The quantitative estimate of drug-likeness (QED) is 0.328. The average molecular weight is 356 g/mol. The highest BCUT2D eigenvalue weighted by Gasteiger charge is 2.62. The summed E-state index contributed by atoms with van der Waals surface area (Å²) in [5.74, 6) is -6.01. The first-order valence-electron chi connectivity index (χ1n) is 7.27. The summed E-state index contributed by atoms with van der Waals surface area (Å²) in [6.45, 7) is 1.23. The lowest BCUT2D eigenvalue weighted by molar-refractivity contribution is -0.278. The van der Waals surface area contributed by atoms with Crippen LogP contribution in [0.15, 0.2) is 0 Å². The van der Waals surface area contributed by atoms with Crippen molar-refractivity contribution in [1.29, 1.82) is 0 Å². The molecule has 0 aliphatic carbocycles. The topological polar surface area (TPSA) is 151 Å². The maximum atomic E-state index is 14.8. The fourth-order valence-corrected chi connectivity index (χ4v) is 2.40. The molecular weight excluding hydrogens is 334 g/mol. The van der Waals surface area contributed by atoms with E-state index in [4.69, 9.17) is 15.6 Å². The Kier molecular flexibility index (Phi) is 6.98. The number of nitrogens with two attached hydrogens (primary N) is 1. The molecule has 140 valence electrons. The smallest absolute Gasteiger partial charge is 0.375 e. The summed E-state index contributed by atoms with van der Waals surface area (Å²) in [6, 6.07) is -3.25. The van der Waals surface area contributed by atoms with Crippen LogP contribution in [-0.2, 0) is 19.1 Å². The zero-order valence-electron chi connectivity index (χ0n) is 13.2. The maximum Gasteiger partial charge on any atom is 0.375 e. The molecule has 9 nitrogen and oxygen atoms in total. The van der Waals surface area contributed by atoms with Gasteiger partial charge in [-0.05, 0) is 6.92 Å². The highest BCUT2D eigenvalue weighted by atomic mass is 19.2. The van der Waals surface area contributed by atoms with E-state index in [1.165, 1.54) is 6.92 Å². The van der Waals surface area contributed by atoms with E-state index in [2.05, 4.69) is 10.1 Å². The Morgan fingerprint density at radius 1 is 1.46 bits per heavy atom. The largest absolute Gasteiger partial charge is 0.462 e. The number of hydrogen-bond donors (Lipinski definition) is 5. The molecule has 0 saturated carbocycles. The molecule has 1 aliphatic heterocycles. The van der Waals surface area contributed by atoms with Crippen molar-refractivity contribution in [1.82, 2.24) is 5.32 Å². The Bertz CT molecular complexity index is 470. The Morgan fingerprint density at radius 3 is 2.50 bits per heavy atom. The molecule has 6 N–H and O–H groups in total. The minimum atomic E-state index is -3.63. The minimum absolute atomic E-state index is 0.266. The van der Waals surface area contributed by atoms with Gasteiger partial charge in [-0.3, -0.25) is 4.79 Å². The van der Waals surface area contributed by atoms with Gasteiger partial charge in [0.05, 0.1) is 25.3 Å². The first kappa shape index (κ1) is 20.6. The Morgan fingerprint density at radius 2 is 2.04 bits per heavy atom. The third-order valence-electron chi connectivity index (χ3n) is 3.61. The molecule has 0 aromatic rings. The van der Waals surface area contributed by atoms with Crippen molar-refractivity contribution in [2.45, 2.75) is 56.3 Å². The van der Waals surface area contributed by atoms with E-state index >= 15 is 0 Å². The molecule has 1 fully saturated rings. The van der Waals surface area contributed by atoms with Crippen LogP contribution in [0, 0.1) is 0 Å². The van der Waals surface area contributed by atoms with Crippen molar-refractivity contribution >= 4 is 11.9 Å². The van der Waals surface area contributed by atoms with Gasteiger partial charge >= 0.3 is 11.8 Å². The van der Waals surface area contributed by atoms with Gasteiger partial charge in [0.1, 0.15) is 18.3 Å². The molecule has 11 heteroatoms. The van der Waals surface area contributed by atoms with Crippen molar-refractivity contribution in [3.8, 4) is 0 Å². The predicted octanol–water partition coefficient (Wildman–Crippen LogP) is -2.50. The summed E-state index contributed by atoms with van der Waals surface area (Å²) in [6.07, 6.45) is -8.29. The van der Waals surface area contributed by atoms with Crippen molar-refractivity contribution in [3.63, 3.8) is 0 Å². The van der Waals surface area contributed by atoms with Gasteiger partial charge in [-0.1, -0.05) is 0 Å². The fourth-order valence-electron chi connectivity index (χ4n) is 2.40. The second-order valence-electron chi connectivity index (χ2n) is 5.39. The first-order valence-corrected chi connectivity index (χ1v) is 7.27. The van der Waals surface area contributed by atoms with Crippen LogP contribution >= 0.6 is 0 Å². The third-order valence-corrected chi connectivity index (χ3v) is 3.61. The molecule has 0 radical (unpaired) electrons. The summed E-state index contributed by atoms with van der Waals surface area (Å²) in [5, 5.41) is 30.6. The Hall–Kier alpha value is -1.40. The number of carbonyl (C=O) groups excluding carboxylic acids is 2. The predicted molar refractivity (Wildman–Crippen MR) is 74.9 cm³/mol. The van der Waals surface area contributed by atoms with Gasteiger partial charge in [0.2, 0.25) is 5.91 Å². The lowest BCUT2D eigenvalue weighted by Crippen LogP contribution is -2.73. The summed E-state index contributed by atoms with van der Waals surface area (Å²) < 4.78 is 38.3. The molecule has 0 aromatic carbocycles. The van der Waals surface area contributed by atoms with Crippen LogP contribution in [0.1, 0.15) is 13.8 Å². The van der Waals surface area contributed by atoms with E-state index in [1.807, 2.05) is 0 Å². The number of alkyl halides is 2. The molecule has 0 bridgehead atoms. The van der Waals surface area contributed by atoms with Crippen LogP contribution in [0.2, 0.25) is 0 Å². The van der Waals surface area contributed by atoms with Crippen LogP contribution in [0.5, 0.6) is 0 Å². The molecule has 1 heterocycles. The number of rotatable bonds is 6. The number of aliphatic hydroxyl groups excluding tert-OH is 3. The van der Waals surface area contributed by atoms with Gasteiger partial charge in [0.25, 0.3) is 0 Å². The lowest BCUT2D eigenvalue weighted by atomic mass is 9.86. The van der Waals surface area contributed by atoms with E-state index in [0.717, 1.165) is 6.92 Å². The molecule has 0 aromatic heterocycles. The minimum Gasteiger partial charge on any atom is -0.462 e. The second kappa shape index (κ2) is 8.12. The van der Waals surface area contributed by atoms with Crippen molar-refractivity contribution in [3.05, 3.63) is 0 Å². The van der Waals surface area contributed by atoms with Crippen LogP contribution in [0.3, 0.4) is 0 Å². The summed E-state index contributed by atoms with van der Waals surface area (Å²) in [7, 11) is 0. The number of ether oxygens (including phenoxy) is 2. The van der Waals surface area contributed by atoms with E-state index in [0.29, 0.717) is 0 Å². The molecule has 1 saturated heterocycles. The number of amides is 1. The zero-order chi connectivity index (χ0) is 18.7. The number of aliphatic hydroxyl groups is 3. The summed E-state index contributed by atoms with van der Waals surface area (Å²) >= 11 is 0. The van der Waals surface area contributed by atoms with Crippen LogP contribution in [0.4, 0.5) is 8.78 Å². The van der Waals surface area contributed by atoms with Gasteiger partial charge in [-0.15, -0.1) is 0 Å². The van der Waals surface area contributed by atoms with Crippen LogP contribution in [0.25, 0.3) is 0 Å². The summed E-state index contributed by atoms with van der Waals surface area (Å²) in [4.78, 5) is 23.0. The number of halogens is 2. The number of carbonyl (C=O) groups is 2. The normalized spacial score (nSPS) is 35.8. The van der Waals surface area contributed by atoms with E-state index in [-0.39, 0.29) is 6.61 Å². The van der Waals surface area contributed by atoms with Gasteiger partial charge in [0, 0.05) is 6.92 Å². The fraction of sp³-hybridized carbons (Fsp3) is 0.846. The highest BCUT2D eigenvalue weighted by molar-refractivity contribution is 5.79. The lowest BCUT2D eigenvalue weighted by Gasteiger charge is -2.46. The molecule has 7 atom stereocenters. The SMILES string of the molecule is CCOC(=O)[C@]1(F)O[C@@H]([C@H](O)[C@H](O)CO)[C@H](NC(C)=O)[C@@H](N)[C@H]1F. The standard InChI is InChI=1S/C13H22F2N2O7/c1-3-23-12(22)13(15)11(14)7(16)8(17-5(2)19)10(24-13)9(21)6(20)4-18/h6-11,18,20-21H,3-4,16H2,1-2H3,(H,17,19)/t6-,7-,8-,9-,10-,11-,13-/m1/s1. The summed E-state index contributed by atoms with van der Waals surface area (Å²) in [5.41, 5.74) is 5.58. The molecule has 1 aliphatic rings. The zero-order valence-corrected chi connectivity index (χ0v) is 13.2. The van der Waals surface area contributed by atoms with Crippen LogP contribution in [-0.4, -0.2) is 82.8 Å². The van der Waals surface area contributed by atoms with Crippen LogP contribution < -0.4 is 11.1 Å². The highest BCUT2D eigenvalue weighted by Crippen LogP contribution is 2.35. The van der Waals surface area contributed by atoms with Gasteiger partial charge in [-0.25, -0.2) is 9.18 Å². The third kappa shape index (κ3) is 3.98. The number of nitrogens with one attached hydrogen (secondary N) is 1. The molecule has 1 amide bonds. The van der Waals surface area contributed by atoms with Crippen molar-refractivity contribution < 1.29 is 43.2 Å². The molecule has 0 spiro atoms. The Labute approximate surface area is 136 Å².